The Bertz CT molecular complexity index is 2680. The number of likely N-dealkylation sites (tertiary alicyclic amines) is 1. The van der Waals surface area contributed by atoms with E-state index in [1.54, 1.807) is 4.90 Å². The Morgan fingerprint density at radius 2 is 1.62 bits per heavy atom. The minimum absolute atomic E-state index is 0.0976. The van der Waals surface area contributed by atoms with Gasteiger partial charge in [0.15, 0.2) is 0 Å². The van der Waals surface area contributed by atoms with Gasteiger partial charge in [-0.3, -0.25) is 34.5 Å². The molecule has 6 aliphatic heterocycles. The third kappa shape index (κ3) is 7.13. The molecule has 65 heavy (non-hydrogen) atoms. The normalized spacial score (nSPS) is 25.2. The van der Waals surface area contributed by atoms with E-state index in [0.29, 0.717) is 48.8 Å². The van der Waals surface area contributed by atoms with Crippen molar-refractivity contribution in [1.82, 2.24) is 30.2 Å². The summed E-state index contributed by atoms with van der Waals surface area (Å²) in [5, 5.41) is 11.2. The molecule has 1 aromatic heterocycles. The number of nitrogens with one attached hydrogen (secondary N) is 2. The van der Waals surface area contributed by atoms with Crippen LogP contribution in [0.25, 0.3) is 10.9 Å². The number of piperazine rings is 1. The van der Waals surface area contributed by atoms with Crippen molar-refractivity contribution in [3.63, 3.8) is 0 Å². The monoisotopic (exact) mass is 872 g/mol. The fourth-order valence-corrected chi connectivity index (χ4v) is 12.6. The molecule has 1 spiro atoms. The summed E-state index contributed by atoms with van der Waals surface area (Å²) >= 11 is 0. The van der Waals surface area contributed by atoms with Gasteiger partial charge >= 0.3 is 0 Å². The average molecular weight is 873 g/mol. The zero-order chi connectivity index (χ0) is 43.8. The van der Waals surface area contributed by atoms with Gasteiger partial charge < -0.3 is 24.3 Å². The summed E-state index contributed by atoms with van der Waals surface area (Å²) in [6, 6.07) is 28.4. The molecule has 7 aliphatic rings. The lowest BCUT2D eigenvalue weighted by Gasteiger charge is -2.48. The first kappa shape index (κ1) is 40.3. The van der Waals surface area contributed by atoms with E-state index in [1.807, 2.05) is 18.3 Å². The van der Waals surface area contributed by atoms with Crippen LogP contribution in [-0.2, 0) is 27.3 Å². The SMILES string of the molecule is O=C1CCC(N2Cc3cc4c(cc3C2=O)OC[C@@H]2CN(CC(=O)N3CCC5(CC3)CCN(c3ccc([C@@H]6c7ccc8[nH]ncc8c7CC[C@@H]6c6ccccc6)cc3)CC5)CCN42)C(=O)N1. The molecule has 4 amide bonds. The predicted molar refractivity (Wildman–Crippen MR) is 247 cm³/mol. The minimum atomic E-state index is -0.649. The maximum atomic E-state index is 13.8. The van der Waals surface area contributed by atoms with Crippen molar-refractivity contribution in [2.75, 3.05) is 68.8 Å². The standard InChI is InChI=1S/C52H56N8O5/c61-47-15-14-44(50(63)54-47)60-29-35-26-45-46(27-41(35)51(60)64)65-32-37-30-56(24-25-59(37)45)31-48(62)58-22-18-52(19-23-58)16-20-57(21-17-52)36-8-6-34(7-9-36)49-38(33-4-2-1-3-5-33)10-11-39-40(49)12-13-43-42(39)28-53-55-43/h1-9,12-13,26-28,37-38,44,49H,10-11,14-25,29-32H2,(H,53,55)(H,54,61,63)/t37-,38+,44?,49-/m0/s1. The van der Waals surface area contributed by atoms with Crippen molar-refractivity contribution < 1.29 is 23.9 Å². The molecule has 0 saturated carbocycles. The molecule has 12 rings (SSSR count). The molecule has 5 aromatic rings. The number of H-pyrrole nitrogens is 1. The highest BCUT2D eigenvalue weighted by Crippen LogP contribution is 2.49. The van der Waals surface area contributed by atoms with Gasteiger partial charge in [-0.2, -0.15) is 5.10 Å². The molecule has 0 bridgehead atoms. The van der Waals surface area contributed by atoms with Crippen LogP contribution in [0.1, 0.15) is 95.0 Å². The molecule has 1 unspecified atom stereocenters. The Kier molecular flexibility index (Phi) is 9.95. The number of carbonyl (C=O) groups is 4. The zero-order valence-corrected chi connectivity index (χ0v) is 36.8. The molecule has 4 saturated heterocycles. The Labute approximate surface area is 379 Å². The number of amides is 4. The van der Waals surface area contributed by atoms with Gasteiger partial charge in [0, 0.05) is 81.3 Å². The highest BCUT2D eigenvalue weighted by molar-refractivity contribution is 6.06. The first-order valence-electron chi connectivity index (χ1n) is 23.8. The number of ether oxygens (including phenoxy) is 1. The van der Waals surface area contributed by atoms with Crippen molar-refractivity contribution in [2.24, 2.45) is 5.41 Å². The van der Waals surface area contributed by atoms with Crippen LogP contribution in [0.15, 0.2) is 85.1 Å². The van der Waals surface area contributed by atoms with Crippen molar-refractivity contribution in [2.45, 2.75) is 81.8 Å². The molecule has 4 fully saturated rings. The second-order valence-electron chi connectivity index (χ2n) is 19.7. The van der Waals surface area contributed by atoms with Crippen LogP contribution in [0.2, 0.25) is 0 Å². The smallest absolute Gasteiger partial charge is 0.255 e. The molecule has 13 nitrogen and oxygen atoms in total. The van der Waals surface area contributed by atoms with Crippen LogP contribution in [0.3, 0.4) is 0 Å². The van der Waals surface area contributed by atoms with Crippen molar-refractivity contribution in [1.29, 1.82) is 0 Å². The number of hydrogen-bond acceptors (Lipinski definition) is 9. The first-order valence-corrected chi connectivity index (χ1v) is 23.8. The molecule has 4 aromatic carbocycles. The van der Waals surface area contributed by atoms with Gasteiger partial charge in [-0.25, -0.2) is 0 Å². The van der Waals surface area contributed by atoms with Crippen molar-refractivity contribution in [3.05, 3.63) is 118 Å². The number of rotatable bonds is 6. The third-order valence-corrected chi connectivity index (χ3v) is 16.3. The van der Waals surface area contributed by atoms with Gasteiger partial charge in [0.05, 0.1) is 30.0 Å². The summed E-state index contributed by atoms with van der Waals surface area (Å²) in [7, 11) is 0. The number of imide groups is 1. The van der Waals surface area contributed by atoms with Gasteiger partial charge in [0.25, 0.3) is 5.91 Å². The van der Waals surface area contributed by atoms with Crippen LogP contribution < -0.4 is 19.9 Å². The Morgan fingerprint density at radius 1 is 0.815 bits per heavy atom. The molecule has 1 aliphatic carbocycles. The number of nitrogens with zero attached hydrogens (tertiary/aromatic N) is 6. The van der Waals surface area contributed by atoms with Crippen LogP contribution in [0.5, 0.6) is 5.75 Å². The molecule has 0 radical (unpaired) electrons. The zero-order valence-electron chi connectivity index (χ0n) is 36.8. The topological polar surface area (TPSA) is 134 Å². The largest absolute Gasteiger partial charge is 0.489 e. The molecule has 7 heterocycles. The van der Waals surface area contributed by atoms with E-state index in [-0.39, 0.29) is 36.1 Å². The number of hydrogen-bond donors (Lipinski definition) is 2. The fourth-order valence-electron chi connectivity index (χ4n) is 12.6. The van der Waals surface area contributed by atoms with E-state index in [2.05, 4.69) is 102 Å². The van der Waals surface area contributed by atoms with Gasteiger partial charge in [-0.1, -0.05) is 48.5 Å². The number of aryl methyl sites for hydroxylation is 1. The van der Waals surface area contributed by atoms with E-state index < -0.39 is 11.9 Å². The Hall–Kier alpha value is -6.21. The molecule has 13 heteroatoms. The minimum Gasteiger partial charge on any atom is -0.489 e. The second kappa shape index (κ2) is 16.0. The number of anilines is 2. The van der Waals surface area contributed by atoms with Gasteiger partial charge in [-0.05, 0) is 114 Å². The van der Waals surface area contributed by atoms with E-state index in [4.69, 9.17) is 4.74 Å². The summed E-state index contributed by atoms with van der Waals surface area (Å²) in [5.41, 5.74) is 10.8. The van der Waals surface area contributed by atoms with E-state index >= 15 is 0 Å². The molecular formula is C52H56N8O5. The maximum Gasteiger partial charge on any atom is 0.255 e. The maximum absolute atomic E-state index is 13.8. The summed E-state index contributed by atoms with van der Waals surface area (Å²) in [5.74, 6) is 0.709. The van der Waals surface area contributed by atoms with Crippen LogP contribution in [0.4, 0.5) is 11.4 Å². The van der Waals surface area contributed by atoms with E-state index in [9.17, 15) is 19.2 Å². The molecular weight excluding hydrogens is 817 g/mol. The third-order valence-electron chi connectivity index (χ3n) is 16.3. The number of aromatic nitrogens is 2. The lowest BCUT2D eigenvalue weighted by molar-refractivity contribution is -0.137. The lowest BCUT2D eigenvalue weighted by Crippen LogP contribution is -2.59. The second-order valence-corrected chi connectivity index (χ2v) is 19.7. The highest BCUT2D eigenvalue weighted by atomic mass is 16.5. The van der Waals surface area contributed by atoms with Gasteiger partial charge in [0.2, 0.25) is 17.7 Å². The Balaban J connectivity index is 0.644. The van der Waals surface area contributed by atoms with Crippen LogP contribution >= 0.6 is 0 Å². The number of fused-ring (bicyclic) bond motifs is 7. The highest BCUT2D eigenvalue weighted by Gasteiger charge is 2.43. The van der Waals surface area contributed by atoms with Gasteiger partial charge in [-0.15, -0.1) is 0 Å². The lowest BCUT2D eigenvalue weighted by atomic mass is 9.68. The number of benzene rings is 4. The fraction of sp³-hybridized carbons (Fsp3) is 0.442. The quantitative estimate of drug-likeness (QED) is 0.198. The van der Waals surface area contributed by atoms with Crippen molar-refractivity contribution in [3.8, 4) is 5.75 Å². The van der Waals surface area contributed by atoms with E-state index in [0.717, 1.165) is 101 Å². The summed E-state index contributed by atoms with van der Waals surface area (Å²) in [6.45, 7) is 7.22. The molecule has 4 atom stereocenters. The summed E-state index contributed by atoms with van der Waals surface area (Å²) in [6.07, 6.45) is 9.15. The summed E-state index contributed by atoms with van der Waals surface area (Å²) in [4.78, 5) is 62.4. The van der Waals surface area contributed by atoms with Crippen LogP contribution in [-0.4, -0.2) is 120 Å². The number of aromatic amines is 1. The summed E-state index contributed by atoms with van der Waals surface area (Å²) < 4.78 is 6.26. The van der Waals surface area contributed by atoms with Crippen molar-refractivity contribution >= 4 is 45.9 Å². The molecule has 334 valence electrons. The van der Waals surface area contributed by atoms with Gasteiger partial charge in [0.1, 0.15) is 18.4 Å². The average Bonchev–Trinajstić information content (AvgIpc) is 3.95. The van der Waals surface area contributed by atoms with Crippen LogP contribution in [0, 0.1) is 5.41 Å². The first-order chi connectivity index (χ1) is 31.8. The van der Waals surface area contributed by atoms with E-state index in [1.165, 1.54) is 33.3 Å². The number of carbonyl (C=O) groups excluding carboxylic acids is 4. The number of piperidine rings is 3. The molecule has 2 N–H and O–H groups in total. The predicted octanol–water partition coefficient (Wildman–Crippen LogP) is 5.98. The Morgan fingerprint density at radius 3 is 2.42 bits per heavy atom.